The summed E-state index contributed by atoms with van der Waals surface area (Å²) in [5, 5.41) is 5.75. The van der Waals surface area contributed by atoms with E-state index >= 15 is 0 Å². The van der Waals surface area contributed by atoms with E-state index in [4.69, 9.17) is 9.05 Å². The lowest BCUT2D eigenvalue weighted by atomic mass is 9.99. The summed E-state index contributed by atoms with van der Waals surface area (Å²) in [6, 6.07) is -0.606. The van der Waals surface area contributed by atoms with Crippen molar-refractivity contribution in [2.45, 2.75) is 24.9 Å². The summed E-state index contributed by atoms with van der Waals surface area (Å²) in [5.41, 5.74) is 0. The number of nitrogens with one attached hydrogen (secondary N) is 2. The fourth-order valence-corrected chi connectivity index (χ4v) is 2.87. The molecule has 1 saturated heterocycles. The Bertz CT molecular complexity index is 394. The molecule has 1 aliphatic rings. The molecule has 1 heterocycles. The number of piperidine rings is 1. The Labute approximate surface area is 118 Å². The maximum absolute atomic E-state index is 11.8. The summed E-state index contributed by atoms with van der Waals surface area (Å²) >= 11 is 0. The Hall–Kier alpha value is -0.950. The Kier molecular flexibility index (Phi) is 6.61. The molecule has 116 valence electrons. The fraction of sp³-hybridized carbons (Fsp3) is 0.818. The summed E-state index contributed by atoms with van der Waals surface area (Å²) in [6.07, 6.45) is 0.777. The zero-order valence-corrected chi connectivity index (χ0v) is 12.8. The molecule has 0 aromatic carbocycles. The second-order valence-electron chi connectivity index (χ2n) is 4.45. The molecule has 0 aromatic rings. The van der Waals surface area contributed by atoms with Crippen LogP contribution < -0.4 is 10.6 Å². The van der Waals surface area contributed by atoms with Crippen molar-refractivity contribution >= 4 is 19.5 Å². The van der Waals surface area contributed by atoms with Gasteiger partial charge >= 0.3 is 13.6 Å². The van der Waals surface area contributed by atoms with Crippen LogP contribution in [0.2, 0.25) is 0 Å². The van der Waals surface area contributed by atoms with Gasteiger partial charge in [0.15, 0.2) is 0 Å². The number of esters is 1. The van der Waals surface area contributed by atoms with Gasteiger partial charge in [-0.2, -0.15) is 0 Å². The first-order chi connectivity index (χ1) is 9.44. The van der Waals surface area contributed by atoms with Crippen LogP contribution in [0.15, 0.2) is 0 Å². The highest BCUT2D eigenvalue weighted by Crippen LogP contribution is 2.45. The topological polar surface area (TPSA) is 103 Å². The molecule has 1 rings (SSSR count). The van der Waals surface area contributed by atoms with Crippen molar-refractivity contribution < 1.29 is 27.9 Å². The Morgan fingerprint density at radius 3 is 2.50 bits per heavy atom. The largest absolute Gasteiger partial charge is 0.468 e. The van der Waals surface area contributed by atoms with Crippen molar-refractivity contribution in [3.05, 3.63) is 0 Å². The van der Waals surface area contributed by atoms with E-state index in [2.05, 4.69) is 15.4 Å². The normalized spacial score (nSPS) is 23.1. The highest BCUT2D eigenvalue weighted by atomic mass is 31.2. The van der Waals surface area contributed by atoms with Crippen molar-refractivity contribution in [2.24, 2.45) is 0 Å². The van der Waals surface area contributed by atoms with E-state index in [0.717, 1.165) is 0 Å². The van der Waals surface area contributed by atoms with Crippen LogP contribution in [0.1, 0.15) is 12.8 Å². The highest BCUT2D eigenvalue weighted by Gasteiger charge is 2.31. The number of ether oxygens (including phenoxy) is 1. The minimum atomic E-state index is -3.36. The summed E-state index contributed by atoms with van der Waals surface area (Å²) in [7, 11) is 0.418. The quantitative estimate of drug-likeness (QED) is 0.521. The van der Waals surface area contributed by atoms with Gasteiger partial charge in [-0.25, -0.2) is 0 Å². The molecule has 1 fully saturated rings. The van der Waals surface area contributed by atoms with Crippen LogP contribution in [0.5, 0.6) is 0 Å². The third kappa shape index (κ3) is 4.86. The molecule has 0 spiro atoms. The molecule has 20 heavy (non-hydrogen) atoms. The second-order valence-corrected chi connectivity index (χ2v) is 6.72. The lowest BCUT2D eigenvalue weighted by Gasteiger charge is -2.29. The van der Waals surface area contributed by atoms with Gasteiger partial charge in [0.2, 0.25) is 5.91 Å². The SMILES string of the molecule is COC(=O)C1CC(NC(=O)CP(=O)(OC)OC)CCN1. The highest BCUT2D eigenvalue weighted by molar-refractivity contribution is 7.54. The van der Waals surface area contributed by atoms with E-state index in [0.29, 0.717) is 19.4 Å². The minimum Gasteiger partial charge on any atom is -0.468 e. The molecule has 0 aliphatic carbocycles. The molecule has 1 amide bonds. The summed E-state index contributed by atoms with van der Waals surface area (Å²) in [6.45, 7) is 0.594. The second kappa shape index (κ2) is 7.73. The molecule has 1 aliphatic heterocycles. The molecule has 0 bridgehead atoms. The van der Waals surface area contributed by atoms with E-state index in [1.54, 1.807) is 0 Å². The van der Waals surface area contributed by atoms with Crippen molar-refractivity contribution in [3.8, 4) is 0 Å². The molecular formula is C11H21N2O6P. The summed E-state index contributed by atoms with van der Waals surface area (Å²) in [4.78, 5) is 23.2. The van der Waals surface area contributed by atoms with E-state index in [1.165, 1.54) is 21.3 Å². The van der Waals surface area contributed by atoms with Crippen LogP contribution in [0.3, 0.4) is 0 Å². The monoisotopic (exact) mass is 308 g/mol. The first-order valence-electron chi connectivity index (χ1n) is 6.25. The zero-order chi connectivity index (χ0) is 15.2. The molecule has 0 saturated carbocycles. The van der Waals surface area contributed by atoms with Crippen LogP contribution in [-0.4, -0.2) is 58.0 Å². The molecule has 9 heteroatoms. The van der Waals surface area contributed by atoms with Gasteiger partial charge in [-0.05, 0) is 19.4 Å². The average molecular weight is 308 g/mol. The first-order valence-corrected chi connectivity index (χ1v) is 7.98. The lowest BCUT2D eigenvalue weighted by molar-refractivity contribution is -0.144. The Balaban J connectivity index is 2.49. The van der Waals surface area contributed by atoms with Gasteiger partial charge < -0.3 is 24.4 Å². The van der Waals surface area contributed by atoms with E-state index in [-0.39, 0.29) is 18.2 Å². The zero-order valence-electron chi connectivity index (χ0n) is 11.9. The third-order valence-corrected chi connectivity index (χ3v) is 4.94. The number of carbonyl (C=O) groups excluding carboxylic acids is 2. The van der Waals surface area contributed by atoms with Crippen LogP contribution in [0.25, 0.3) is 0 Å². The third-order valence-electron chi connectivity index (χ3n) is 3.15. The maximum atomic E-state index is 11.8. The number of amides is 1. The summed E-state index contributed by atoms with van der Waals surface area (Å²) in [5.74, 6) is -0.782. The van der Waals surface area contributed by atoms with Crippen molar-refractivity contribution in [1.82, 2.24) is 10.6 Å². The molecule has 8 nitrogen and oxygen atoms in total. The number of methoxy groups -OCH3 is 1. The number of rotatable bonds is 6. The van der Waals surface area contributed by atoms with Crippen molar-refractivity contribution in [3.63, 3.8) is 0 Å². The van der Waals surface area contributed by atoms with Crippen molar-refractivity contribution in [1.29, 1.82) is 0 Å². The molecule has 2 N–H and O–H groups in total. The minimum absolute atomic E-state index is 0.171. The van der Waals surface area contributed by atoms with Crippen LogP contribution >= 0.6 is 7.60 Å². The van der Waals surface area contributed by atoms with Gasteiger partial charge in [0.1, 0.15) is 12.2 Å². The van der Waals surface area contributed by atoms with E-state index in [1.807, 2.05) is 0 Å². The Morgan fingerprint density at radius 1 is 1.30 bits per heavy atom. The van der Waals surface area contributed by atoms with Crippen LogP contribution in [-0.2, 0) is 27.9 Å². The standard InChI is InChI=1S/C11H21N2O6P/c1-17-11(15)9-6-8(4-5-12-9)13-10(14)7-20(16,18-2)19-3/h8-9,12H,4-7H2,1-3H3,(H,13,14). The predicted molar refractivity (Wildman–Crippen MR) is 71.5 cm³/mol. The van der Waals surface area contributed by atoms with Gasteiger partial charge in [0.25, 0.3) is 0 Å². The Morgan fingerprint density at radius 2 is 1.95 bits per heavy atom. The van der Waals surface area contributed by atoms with Gasteiger partial charge in [-0.3, -0.25) is 14.2 Å². The van der Waals surface area contributed by atoms with E-state index < -0.39 is 19.5 Å². The fourth-order valence-electron chi connectivity index (χ4n) is 2.02. The average Bonchev–Trinajstić information content (AvgIpc) is 2.46. The van der Waals surface area contributed by atoms with Crippen LogP contribution in [0, 0.1) is 0 Å². The lowest BCUT2D eigenvalue weighted by Crippen LogP contribution is -2.51. The van der Waals surface area contributed by atoms with Gasteiger partial charge in [-0.15, -0.1) is 0 Å². The maximum Gasteiger partial charge on any atom is 0.339 e. The molecule has 2 unspecified atom stereocenters. The molecular weight excluding hydrogens is 287 g/mol. The van der Waals surface area contributed by atoms with E-state index in [9.17, 15) is 14.2 Å². The predicted octanol–water partition coefficient (Wildman–Crippen LogP) is -0.118. The molecule has 2 atom stereocenters. The van der Waals surface area contributed by atoms with Gasteiger partial charge in [0, 0.05) is 20.3 Å². The van der Waals surface area contributed by atoms with Gasteiger partial charge in [-0.1, -0.05) is 0 Å². The van der Waals surface area contributed by atoms with Crippen molar-refractivity contribution in [2.75, 3.05) is 34.0 Å². The number of hydrogen-bond acceptors (Lipinski definition) is 7. The molecule has 0 aromatic heterocycles. The number of hydrogen-bond donors (Lipinski definition) is 2. The van der Waals surface area contributed by atoms with Crippen LogP contribution in [0.4, 0.5) is 0 Å². The summed E-state index contributed by atoms with van der Waals surface area (Å²) < 4.78 is 25.9. The molecule has 0 radical (unpaired) electrons. The van der Waals surface area contributed by atoms with Gasteiger partial charge in [0.05, 0.1) is 7.11 Å². The smallest absolute Gasteiger partial charge is 0.339 e. The first kappa shape index (κ1) is 17.1. The number of carbonyl (C=O) groups is 2.